The first-order chi connectivity index (χ1) is 13.3. The third kappa shape index (κ3) is 5.23. The SMILES string of the molecule is CCCNC(=O)COC(=O)c1ccc(OC)c(S(=O)(=O)N2CCCC[C@@H]2C)c1. The number of piperidine rings is 1. The number of methoxy groups -OCH3 is 1. The molecule has 1 aliphatic rings. The normalized spacial score (nSPS) is 17.8. The lowest BCUT2D eigenvalue weighted by atomic mass is 10.1. The summed E-state index contributed by atoms with van der Waals surface area (Å²) in [6, 6.07) is 3.97. The average molecular weight is 413 g/mol. The number of nitrogens with zero attached hydrogens (tertiary/aromatic N) is 1. The molecule has 0 radical (unpaired) electrons. The van der Waals surface area contributed by atoms with Gasteiger partial charge in [0.15, 0.2) is 6.61 Å². The van der Waals surface area contributed by atoms with E-state index in [4.69, 9.17) is 9.47 Å². The summed E-state index contributed by atoms with van der Waals surface area (Å²) in [4.78, 5) is 23.8. The number of carbonyl (C=O) groups excluding carboxylic acids is 2. The zero-order valence-electron chi connectivity index (χ0n) is 16.6. The van der Waals surface area contributed by atoms with Crippen LogP contribution in [0, 0.1) is 0 Å². The van der Waals surface area contributed by atoms with Gasteiger partial charge in [-0.3, -0.25) is 4.79 Å². The number of amides is 1. The number of rotatable bonds is 8. The molecule has 1 heterocycles. The van der Waals surface area contributed by atoms with E-state index in [1.165, 1.54) is 29.6 Å². The highest BCUT2D eigenvalue weighted by Crippen LogP contribution is 2.31. The van der Waals surface area contributed by atoms with Crippen molar-refractivity contribution in [3.63, 3.8) is 0 Å². The second kappa shape index (κ2) is 9.88. The Hall–Kier alpha value is -2.13. The molecular formula is C19H28N2O6S. The largest absolute Gasteiger partial charge is 0.495 e. The van der Waals surface area contributed by atoms with Crippen molar-refractivity contribution in [2.24, 2.45) is 0 Å². The summed E-state index contributed by atoms with van der Waals surface area (Å²) < 4.78 is 38.0. The molecule has 1 atom stereocenters. The van der Waals surface area contributed by atoms with Crippen molar-refractivity contribution < 1.29 is 27.5 Å². The van der Waals surface area contributed by atoms with E-state index in [0.29, 0.717) is 13.1 Å². The lowest BCUT2D eigenvalue weighted by molar-refractivity contribution is -0.124. The quantitative estimate of drug-likeness (QED) is 0.655. The van der Waals surface area contributed by atoms with Crippen molar-refractivity contribution in [1.82, 2.24) is 9.62 Å². The smallest absolute Gasteiger partial charge is 0.338 e. The van der Waals surface area contributed by atoms with E-state index in [1.807, 2.05) is 13.8 Å². The Kier molecular flexibility index (Phi) is 7.82. The molecule has 1 amide bonds. The average Bonchev–Trinajstić information content (AvgIpc) is 2.70. The molecule has 1 aromatic rings. The predicted octanol–water partition coefficient (Wildman–Crippen LogP) is 1.94. The number of esters is 1. The van der Waals surface area contributed by atoms with Crippen molar-refractivity contribution in [3.05, 3.63) is 23.8 Å². The maximum absolute atomic E-state index is 13.2. The molecule has 1 fully saturated rings. The van der Waals surface area contributed by atoms with Crippen LogP contribution in [0.4, 0.5) is 0 Å². The van der Waals surface area contributed by atoms with Gasteiger partial charge in [0.2, 0.25) is 10.0 Å². The highest BCUT2D eigenvalue weighted by Gasteiger charge is 2.33. The second-order valence-electron chi connectivity index (χ2n) is 6.75. The van der Waals surface area contributed by atoms with Crippen LogP contribution >= 0.6 is 0 Å². The Labute approximate surface area is 166 Å². The molecule has 0 bridgehead atoms. The van der Waals surface area contributed by atoms with Crippen molar-refractivity contribution in [2.45, 2.75) is 50.5 Å². The lowest BCUT2D eigenvalue weighted by Crippen LogP contribution is -2.42. The van der Waals surface area contributed by atoms with Crippen LogP contribution in [-0.2, 0) is 19.6 Å². The molecule has 0 spiro atoms. The first kappa shape index (κ1) is 22.2. The molecule has 156 valence electrons. The van der Waals surface area contributed by atoms with Crippen LogP contribution in [0.25, 0.3) is 0 Å². The third-order valence-corrected chi connectivity index (χ3v) is 6.67. The van der Waals surface area contributed by atoms with E-state index < -0.39 is 28.5 Å². The molecule has 0 unspecified atom stereocenters. The molecular weight excluding hydrogens is 384 g/mol. The lowest BCUT2D eigenvalue weighted by Gasteiger charge is -2.32. The Morgan fingerprint density at radius 3 is 2.68 bits per heavy atom. The van der Waals surface area contributed by atoms with E-state index in [1.54, 1.807) is 0 Å². The minimum absolute atomic E-state index is 0.0485. The van der Waals surface area contributed by atoms with Gasteiger partial charge in [0.05, 0.1) is 12.7 Å². The molecule has 9 heteroatoms. The Morgan fingerprint density at radius 1 is 1.29 bits per heavy atom. The summed E-state index contributed by atoms with van der Waals surface area (Å²) in [5.41, 5.74) is 0.0485. The monoisotopic (exact) mass is 412 g/mol. The van der Waals surface area contributed by atoms with Gasteiger partial charge in [0, 0.05) is 19.1 Å². The standard InChI is InChI=1S/C19H28N2O6S/c1-4-10-20-18(22)13-27-19(23)15-8-9-16(26-3)17(12-15)28(24,25)21-11-6-5-7-14(21)2/h8-9,12,14H,4-7,10-11,13H2,1-3H3,(H,20,22)/t14-/m0/s1. The number of nitrogens with one attached hydrogen (secondary N) is 1. The molecule has 0 aromatic heterocycles. The van der Waals surface area contributed by atoms with Gasteiger partial charge in [0.25, 0.3) is 5.91 Å². The summed E-state index contributed by atoms with van der Waals surface area (Å²) in [7, 11) is -2.45. The summed E-state index contributed by atoms with van der Waals surface area (Å²) in [5, 5.41) is 2.60. The summed E-state index contributed by atoms with van der Waals surface area (Å²) in [6.07, 6.45) is 3.34. The number of hydrogen-bond acceptors (Lipinski definition) is 6. The van der Waals surface area contributed by atoms with Crippen molar-refractivity contribution in [1.29, 1.82) is 0 Å². The van der Waals surface area contributed by atoms with Gasteiger partial charge in [-0.25, -0.2) is 13.2 Å². The molecule has 1 aromatic carbocycles. The van der Waals surface area contributed by atoms with Crippen LogP contribution in [0.1, 0.15) is 49.9 Å². The van der Waals surface area contributed by atoms with Crippen molar-refractivity contribution >= 4 is 21.9 Å². The van der Waals surface area contributed by atoms with E-state index in [0.717, 1.165) is 25.7 Å². The fraction of sp³-hybridized carbons (Fsp3) is 0.579. The molecule has 1 aliphatic heterocycles. The Bertz CT molecular complexity index is 809. The number of ether oxygens (including phenoxy) is 2. The number of hydrogen-bond donors (Lipinski definition) is 1. The van der Waals surface area contributed by atoms with Crippen LogP contribution < -0.4 is 10.1 Å². The predicted molar refractivity (Wildman–Crippen MR) is 104 cm³/mol. The first-order valence-corrected chi connectivity index (χ1v) is 10.9. The summed E-state index contributed by atoms with van der Waals surface area (Å²) in [5.74, 6) is -1.01. The molecule has 1 N–H and O–H groups in total. The van der Waals surface area contributed by atoms with Gasteiger partial charge in [-0.15, -0.1) is 0 Å². The highest BCUT2D eigenvalue weighted by atomic mass is 32.2. The third-order valence-electron chi connectivity index (χ3n) is 4.63. The minimum Gasteiger partial charge on any atom is -0.495 e. The molecule has 2 rings (SSSR count). The van der Waals surface area contributed by atoms with Crippen LogP contribution in [-0.4, -0.2) is 57.4 Å². The zero-order chi connectivity index (χ0) is 20.7. The Morgan fingerprint density at radius 2 is 2.04 bits per heavy atom. The van der Waals surface area contributed by atoms with Crippen LogP contribution in [0.15, 0.2) is 23.1 Å². The second-order valence-corrected chi connectivity index (χ2v) is 8.61. The van der Waals surface area contributed by atoms with Crippen LogP contribution in [0.3, 0.4) is 0 Å². The Balaban J connectivity index is 2.23. The first-order valence-electron chi connectivity index (χ1n) is 9.45. The zero-order valence-corrected chi connectivity index (χ0v) is 17.4. The highest BCUT2D eigenvalue weighted by molar-refractivity contribution is 7.89. The van der Waals surface area contributed by atoms with Gasteiger partial charge in [0.1, 0.15) is 10.6 Å². The summed E-state index contributed by atoms with van der Waals surface area (Å²) in [6.45, 7) is 4.29. The van der Waals surface area contributed by atoms with E-state index in [2.05, 4.69) is 5.32 Å². The van der Waals surface area contributed by atoms with Crippen molar-refractivity contribution in [2.75, 3.05) is 26.8 Å². The molecule has 0 aliphatic carbocycles. The fourth-order valence-corrected chi connectivity index (χ4v) is 4.97. The van der Waals surface area contributed by atoms with E-state index >= 15 is 0 Å². The van der Waals surface area contributed by atoms with Crippen molar-refractivity contribution in [3.8, 4) is 5.75 Å². The number of carbonyl (C=O) groups is 2. The van der Waals surface area contributed by atoms with E-state index in [-0.39, 0.29) is 22.3 Å². The fourth-order valence-electron chi connectivity index (χ4n) is 3.09. The van der Waals surface area contributed by atoms with Gasteiger partial charge < -0.3 is 14.8 Å². The minimum atomic E-state index is -3.83. The van der Waals surface area contributed by atoms with Crippen LogP contribution in [0.5, 0.6) is 5.75 Å². The van der Waals surface area contributed by atoms with Gasteiger partial charge in [-0.2, -0.15) is 4.31 Å². The maximum Gasteiger partial charge on any atom is 0.338 e. The molecule has 0 saturated carbocycles. The number of benzene rings is 1. The van der Waals surface area contributed by atoms with E-state index in [9.17, 15) is 18.0 Å². The maximum atomic E-state index is 13.2. The topological polar surface area (TPSA) is 102 Å². The van der Waals surface area contributed by atoms with Gasteiger partial charge in [-0.05, 0) is 44.4 Å². The van der Waals surface area contributed by atoms with Gasteiger partial charge in [-0.1, -0.05) is 13.3 Å². The van der Waals surface area contributed by atoms with Gasteiger partial charge >= 0.3 is 5.97 Å². The summed E-state index contributed by atoms with van der Waals surface area (Å²) >= 11 is 0. The molecule has 1 saturated heterocycles. The molecule has 8 nitrogen and oxygen atoms in total. The van der Waals surface area contributed by atoms with Crippen LogP contribution in [0.2, 0.25) is 0 Å². The molecule has 28 heavy (non-hydrogen) atoms. The number of sulfonamides is 1.